The van der Waals surface area contributed by atoms with E-state index in [1.807, 2.05) is 48.7 Å². The molecule has 0 atom stereocenters. The Kier molecular flexibility index (Phi) is 5.77. The fourth-order valence-electron chi connectivity index (χ4n) is 4.07. The molecule has 5 rings (SSSR count). The van der Waals surface area contributed by atoms with E-state index in [9.17, 15) is 14.0 Å². The summed E-state index contributed by atoms with van der Waals surface area (Å²) in [7, 11) is 0. The number of carbonyl (C=O) groups is 2. The van der Waals surface area contributed by atoms with Gasteiger partial charge in [0.2, 0.25) is 0 Å². The molecule has 0 aliphatic carbocycles. The Balaban J connectivity index is 1.51. The van der Waals surface area contributed by atoms with Crippen LogP contribution in [0.2, 0.25) is 0 Å². The number of hydrogen-bond acceptors (Lipinski definition) is 3. The summed E-state index contributed by atoms with van der Waals surface area (Å²) in [6.45, 7) is 0.788. The lowest BCUT2D eigenvalue weighted by molar-refractivity contribution is -0.129. The van der Waals surface area contributed by atoms with Crippen LogP contribution in [0, 0.1) is 5.82 Å². The van der Waals surface area contributed by atoms with E-state index < -0.39 is 11.8 Å². The van der Waals surface area contributed by atoms with E-state index in [4.69, 9.17) is 12.2 Å². The van der Waals surface area contributed by atoms with Crippen molar-refractivity contribution in [3.05, 3.63) is 113 Å². The summed E-state index contributed by atoms with van der Waals surface area (Å²) >= 11 is 5.25. The Morgan fingerprint density at radius 1 is 0.853 bits per heavy atom. The summed E-state index contributed by atoms with van der Waals surface area (Å²) in [5.74, 6) is -1.39. The zero-order valence-corrected chi connectivity index (χ0v) is 18.9. The lowest BCUT2D eigenvalue weighted by Gasteiger charge is -2.29. The highest BCUT2D eigenvalue weighted by molar-refractivity contribution is 7.80. The van der Waals surface area contributed by atoms with Gasteiger partial charge in [-0.1, -0.05) is 60.7 Å². The molecule has 1 fully saturated rings. The fraction of sp³-hybridized carbons (Fsp3) is 0.0741. The zero-order valence-electron chi connectivity index (χ0n) is 18.1. The lowest BCUT2D eigenvalue weighted by atomic mass is 10.1. The SMILES string of the molecule is O=C1NC(=S)N(Cc2ccc(F)cc2)C(=O)/C1=C/c1cn(Cc2ccccc2)c2ccccc12. The molecule has 1 aliphatic heterocycles. The third-order valence-corrected chi connectivity index (χ3v) is 6.08. The van der Waals surface area contributed by atoms with Gasteiger partial charge in [0.25, 0.3) is 11.8 Å². The number of para-hydroxylation sites is 1. The van der Waals surface area contributed by atoms with Gasteiger partial charge in [0.05, 0.1) is 6.54 Å². The molecule has 5 nitrogen and oxygen atoms in total. The molecule has 0 saturated carbocycles. The molecule has 0 radical (unpaired) electrons. The number of aromatic nitrogens is 1. The van der Waals surface area contributed by atoms with Crippen molar-refractivity contribution in [1.29, 1.82) is 0 Å². The van der Waals surface area contributed by atoms with Crippen LogP contribution in [0.5, 0.6) is 0 Å². The van der Waals surface area contributed by atoms with Gasteiger partial charge in [-0.2, -0.15) is 0 Å². The molecule has 3 aromatic carbocycles. The van der Waals surface area contributed by atoms with Crippen LogP contribution < -0.4 is 5.32 Å². The van der Waals surface area contributed by atoms with Gasteiger partial charge >= 0.3 is 0 Å². The summed E-state index contributed by atoms with van der Waals surface area (Å²) in [6, 6.07) is 23.8. The minimum atomic E-state index is -0.537. The van der Waals surface area contributed by atoms with Gasteiger partial charge in [-0.05, 0) is 47.6 Å². The van der Waals surface area contributed by atoms with Gasteiger partial charge in [-0.15, -0.1) is 0 Å². The molecule has 1 saturated heterocycles. The Morgan fingerprint density at radius 2 is 1.53 bits per heavy atom. The monoisotopic (exact) mass is 469 g/mol. The number of nitrogens with zero attached hydrogens (tertiary/aromatic N) is 2. The molecule has 7 heteroatoms. The topological polar surface area (TPSA) is 54.3 Å². The number of amides is 2. The first kappa shape index (κ1) is 21.7. The van der Waals surface area contributed by atoms with Crippen molar-refractivity contribution in [3.8, 4) is 0 Å². The average Bonchev–Trinajstić information content (AvgIpc) is 3.18. The number of fused-ring (bicyclic) bond motifs is 1. The molecule has 1 N–H and O–H groups in total. The van der Waals surface area contributed by atoms with E-state index in [0.717, 1.165) is 22.0 Å². The molecule has 4 aromatic rings. The van der Waals surface area contributed by atoms with Gasteiger partial charge < -0.3 is 4.57 Å². The highest BCUT2D eigenvalue weighted by Crippen LogP contribution is 2.26. The van der Waals surface area contributed by atoms with E-state index in [-0.39, 0.29) is 23.0 Å². The summed E-state index contributed by atoms with van der Waals surface area (Å²) in [5.41, 5.74) is 3.61. The minimum absolute atomic E-state index is 0.00155. The number of nitrogens with one attached hydrogen (secondary N) is 1. The van der Waals surface area contributed by atoms with Gasteiger partial charge in [0.15, 0.2) is 5.11 Å². The summed E-state index contributed by atoms with van der Waals surface area (Å²) in [5, 5.41) is 3.57. The Bertz CT molecular complexity index is 1440. The summed E-state index contributed by atoms with van der Waals surface area (Å²) < 4.78 is 15.4. The van der Waals surface area contributed by atoms with E-state index in [0.29, 0.717) is 12.1 Å². The second-order valence-electron chi connectivity index (χ2n) is 8.05. The quantitative estimate of drug-likeness (QED) is 0.263. The van der Waals surface area contributed by atoms with Gasteiger partial charge in [-0.25, -0.2) is 4.39 Å². The maximum Gasteiger partial charge on any atom is 0.265 e. The van der Waals surface area contributed by atoms with Crippen molar-refractivity contribution < 1.29 is 14.0 Å². The first-order valence-corrected chi connectivity index (χ1v) is 11.2. The molecule has 0 unspecified atom stereocenters. The molecular weight excluding hydrogens is 449 g/mol. The van der Waals surface area contributed by atoms with Crippen molar-refractivity contribution in [1.82, 2.24) is 14.8 Å². The minimum Gasteiger partial charge on any atom is -0.342 e. The number of carbonyl (C=O) groups excluding carboxylic acids is 2. The largest absolute Gasteiger partial charge is 0.342 e. The predicted molar refractivity (Wildman–Crippen MR) is 133 cm³/mol. The van der Waals surface area contributed by atoms with Gasteiger partial charge in [-0.3, -0.25) is 19.8 Å². The van der Waals surface area contributed by atoms with E-state index >= 15 is 0 Å². The maximum atomic E-state index is 13.3. The Hall–Kier alpha value is -4.10. The van der Waals surface area contributed by atoms with Crippen molar-refractivity contribution in [2.45, 2.75) is 13.1 Å². The Labute approximate surface area is 201 Å². The van der Waals surface area contributed by atoms with E-state index in [1.165, 1.54) is 17.0 Å². The second-order valence-corrected chi connectivity index (χ2v) is 8.44. The van der Waals surface area contributed by atoms with Gasteiger partial charge in [0.1, 0.15) is 11.4 Å². The molecule has 34 heavy (non-hydrogen) atoms. The molecule has 168 valence electrons. The van der Waals surface area contributed by atoms with Crippen LogP contribution in [0.25, 0.3) is 17.0 Å². The molecule has 2 amide bonds. The molecule has 0 spiro atoms. The smallest absolute Gasteiger partial charge is 0.265 e. The van der Waals surface area contributed by atoms with Crippen LogP contribution in [0.4, 0.5) is 4.39 Å². The van der Waals surface area contributed by atoms with Crippen LogP contribution in [-0.2, 0) is 22.7 Å². The number of rotatable bonds is 5. The highest BCUT2D eigenvalue weighted by atomic mass is 32.1. The van der Waals surface area contributed by atoms with Crippen LogP contribution in [0.15, 0.2) is 90.6 Å². The number of thiocarbonyl (C=S) groups is 1. The van der Waals surface area contributed by atoms with Crippen molar-refractivity contribution >= 4 is 46.1 Å². The molecule has 0 bridgehead atoms. The standard InChI is InChI=1S/C27H20FN3O2S/c28-21-12-10-19(11-13-21)16-31-26(33)23(25(32)29-27(31)34)14-20-17-30(15-18-6-2-1-3-7-18)24-9-5-4-8-22(20)24/h1-14,17H,15-16H2,(H,29,32,34)/b23-14+. The lowest BCUT2D eigenvalue weighted by Crippen LogP contribution is -2.53. The van der Waals surface area contributed by atoms with Crippen molar-refractivity contribution in [2.75, 3.05) is 0 Å². The first-order valence-electron chi connectivity index (χ1n) is 10.7. The van der Waals surface area contributed by atoms with E-state index in [2.05, 4.69) is 22.0 Å². The summed E-state index contributed by atoms with van der Waals surface area (Å²) in [6.07, 6.45) is 3.56. The molecule has 2 heterocycles. The predicted octanol–water partition coefficient (Wildman–Crippen LogP) is 4.66. The number of benzene rings is 3. The average molecular weight is 470 g/mol. The highest BCUT2D eigenvalue weighted by Gasteiger charge is 2.33. The molecular formula is C27H20FN3O2S. The van der Waals surface area contributed by atoms with Crippen LogP contribution >= 0.6 is 12.2 Å². The summed E-state index contributed by atoms with van der Waals surface area (Å²) in [4.78, 5) is 27.3. The van der Waals surface area contributed by atoms with Crippen molar-refractivity contribution in [2.24, 2.45) is 0 Å². The number of hydrogen-bond donors (Lipinski definition) is 1. The van der Waals surface area contributed by atoms with Crippen LogP contribution in [0.3, 0.4) is 0 Å². The molecule has 1 aromatic heterocycles. The zero-order chi connectivity index (χ0) is 23.7. The fourth-order valence-corrected chi connectivity index (χ4v) is 4.31. The van der Waals surface area contributed by atoms with Crippen LogP contribution in [-0.4, -0.2) is 26.4 Å². The first-order chi connectivity index (χ1) is 16.5. The number of halogens is 1. The maximum absolute atomic E-state index is 13.3. The van der Waals surface area contributed by atoms with Gasteiger partial charge in [0, 0.05) is 29.2 Å². The normalized spacial score (nSPS) is 15.3. The van der Waals surface area contributed by atoms with Crippen LogP contribution in [0.1, 0.15) is 16.7 Å². The van der Waals surface area contributed by atoms with Crippen molar-refractivity contribution in [3.63, 3.8) is 0 Å². The third-order valence-electron chi connectivity index (χ3n) is 5.75. The molecule has 1 aliphatic rings. The Morgan fingerprint density at radius 3 is 2.29 bits per heavy atom. The second kappa shape index (κ2) is 9.03. The third kappa shape index (κ3) is 4.25. The van der Waals surface area contributed by atoms with E-state index in [1.54, 1.807) is 18.2 Å².